The van der Waals surface area contributed by atoms with E-state index in [0.717, 1.165) is 51.4 Å². The largest absolute Gasteiger partial charge is 0.490 e. The number of nitrogens with zero attached hydrogens (tertiary/aromatic N) is 3. The van der Waals surface area contributed by atoms with Crippen LogP contribution in [0.4, 0.5) is 5.69 Å². The van der Waals surface area contributed by atoms with Gasteiger partial charge in [0.2, 0.25) is 5.91 Å². The maximum absolute atomic E-state index is 14.3. The normalized spacial score (nSPS) is 22.8. The number of amides is 3. The molecular weight excluding hydrogens is 572 g/mol. The number of aliphatic hydroxyl groups is 1. The van der Waals surface area contributed by atoms with E-state index < -0.39 is 6.04 Å². The number of rotatable bonds is 7. The Morgan fingerprint density at radius 2 is 1.78 bits per heavy atom. The average Bonchev–Trinajstić information content (AvgIpc) is 3.06. The number of ether oxygens (including phenoxy) is 2. The van der Waals surface area contributed by atoms with Crippen molar-refractivity contribution in [2.24, 2.45) is 11.8 Å². The van der Waals surface area contributed by atoms with Crippen molar-refractivity contribution in [3.8, 4) is 5.75 Å². The molecular formula is C35H50N4O6. The first-order chi connectivity index (χ1) is 21.7. The van der Waals surface area contributed by atoms with Gasteiger partial charge in [0.1, 0.15) is 5.75 Å². The van der Waals surface area contributed by atoms with Gasteiger partial charge in [-0.2, -0.15) is 0 Å². The van der Waals surface area contributed by atoms with Gasteiger partial charge in [0.05, 0.1) is 30.4 Å². The molecule has 45 heavy (non-hydrogen) atoms. The lowest BCUT2D eigenvalue weighted by Crippen LogP contribution is -2.48. The maximum atomic E-state index is 14.3. The Morgan fingerprint density at radius 3 is 2.49 bits per heavy atom. The molecule has 0 radical (unpaired) electrons. The molecule has 10 heteroatoms. The number of carbonyl (C=O) groups excluding carboxylic acids is 3. The van der Waals surface area contributed by atoms with Gasteiger partial charge in [-0.3, -0.25) is 19.4 Å². The number of aromatic nitrogens is 1. The average molecular weight is 623 g/mol. The van der Waals surface area contributed by atoms with Crippen LogP contribution < -0.4 is 10.1 Å². The molecule has 2 aliphatic rings. The summed E-state index contributed by atoms with van der Waals surface area (Å²) in [7, 11) is 1.75. The Balaban J connectivity index is 1.61. The van der Waals surface area contributed by atoms with Gasteiger partial charge in [-0.15, -0.1) is 0 Å². The van der Waals surface area contributed by atoms with E-state index in [4.69, 9.17) is 9.47 Å². The number of hydrogen-bond donors (Lipinski definition) is 2. The summed E-state index contributed by atoms with van der Waals surface area (Å²) in [4.78, 5) is 47.8. The van der Waals surface area contributed by atoms with Crippen molar-refractivity contribution in [3.05, 3.63) is 53.9 Å². The molecule has 1 aromatic heterocycles. The van der Waals surface area contributed by atoms with E-state index in [9.17, 15) is 19.5 Å². The van der Waals surface area contributed by atoms with Crippen LogP contribution in [0, 0.1) is 11.8 Å². The SMILES string of the molecule is C[C@H](CO)N1C[C@H](C)[C@H](CN(C)C(=O)c2ccncc2)OCCCC[C@H](C)Oc2ccc(NC(=O)C3CCCCC3)cc2C1=O. The first-order valence-corrected chi connectivity index (χ1v) is 16.5. The molecule has 1 saturated carbocycles. The summed E-state index contributed by atoms with van der Waals surface area (Å²) in [6.45, 7) is 6.71. The monoisotopic (exact) mass is 622 g/mol. The molecule has 10 nitrogen and oxygen atoms in total. The molecule has 2 aromatic rings. The molecule has 1 aromatic carbocycles. The number of aliphatic hydroxyl groups excluding tert-OH is 1. The molecule has 0 spiro atoms. The summed E-state index contributed by atoms with van der Waals surface area (Å²) in [5.41, 5.74) is 1.44. The van der Waals surface area contributed by atoms with Crippen molar-refractivity contribution in [1.29, 1.82) is 0 Å². The standard InChI is InChI=1S/C35H50N4O6/c1-24-21-39(25(2)23-40)35(43)30-20-29(37-33(41)27-11-6-5-7-12-27)13-14-31(30)45-26(3)10-8-9-19-44-32(24)22-38(4)34(42)28-15-17-36-18-16-28/h13-18,20,24-27,32,40H,5-12,19,21-23H2,1-4H3,(H,37,41)/t24-,25+,26-,32-/m0/s1. The molecule has 1 aliphatic heterocycles. The third kappa shape index (κ3) is 9.50. The molecule has 0 bridgehead atoms. The lowest BCUT2D eigenvalue weighted by Gasteiger charge is -2.36. The first kappa shape index (κ1) is 34.4. The van der Waals surface area contributed by atoms with Crippen molar-refractivity contribution >= 4 is 23.4 Å². The van der Waals surface area contributed by atoms with Gasteiger partial charge >= 0.3 is 0 Å². The summed E-state index contributed by atoms with van der Waals surface area (Å²) in [6.07, 6.45) is 10.2. The van der Waals surface area contributed by atoms with E-state index in [-0.39, 0.29) is 54.9 Å². The van der Waals surface area contributed by atoms with Gasteiger partial charge in [-0.05, 0) is 76.3 Å². The molecule has 246 valence electrons. The van der Waals surface area contributed by atoms with Crippen molar-refractivity contribution in [2.45, 2.75) is 90.4 Å². The zero-order valence-electron chi connectivity index (χ0n) is 27.2. The number of anilines is 1. The molecule has 4 rings (SSSR count). The second kappa shape index (κ2) is 16.7. The summed E-state index contributed by atoms with van der Waals surface area (Å²) >= 11 is 0. The Morgan fingerprint density at radius 1 is 1.07 bits per heavy atom. The predicted octanol–water partition coefficient (Wildman–Crippen LogP) is 5.17. The van der Waals surface area contributed by atoms with Crippen molar-refractivity contribution < 1.29 is 29.0 Å². The van der Waals surface area contributed by atoms with E-state index in [0.29, 0.717) is 35.7 Å². The van der Waals surface area contributed by atoms with Crippen molar-refractivity contribution in [3.63, 3.8) is 0 Å². The molecule has 0 unspecified atom stereocenters. The quantitative estimate of drug-likeness (QED) is 0.437. The molecule has 1 fully saturated rings. The lowest BCUT2D eigenvalue weighted by molar-refractivity contribution is -0.120. The second-order valence-electron chi connectivity index (χ2n) is 12.8. The van der Waals surface area contributed by atoms with Crippen LogP contribution in [0.3, 0.4) is 0 Å². The fourth-order valence-electron chi connectivity index (χ4n) is 6.14. The molecule has 2 N–H and O–H groups in total. The van der Waals surface area contributed by atoms with Crippen molar-refractivity contribution in [2.75, 3.05) is 38.7 Å². The number of pyridine rings is 1. The van der Waals surface area contributed by atoms with Crippen LogP contribution in [0.15, 0.2) is 42.7 Å². The van der Waals surface area contributed by atoms with Gasteiger partial charge in [0.25, 0.3) is 11.8 Å². The molecule has 4 atom stereocenters. The van der Waals surface area contributed by atoms with Gasteiger partial charge in [0, 0.05) is 62.2 Å². The molecule has 3 amide bonds. The van der Waals surface area contributed by atoms with Crippen LogP contribution in [0.2, 0.25) is 0 Å². The lowest BCUT2D eigenvalue weighted by atomic mass is 9.88. The zero-order valence-corrected chi connectivity index (χ0v) is 27.2. The molecule has 2 heterocycles. The van der Waals surface area contributed by atoms with Crippen LogP contribution in [0.25, 0.3) is 0 Å². The predicted molar refractivity (Wildman–Crippen MR) is 173 cm³/mol. The minimum absolute atomic E-state index is 0.0168. The molecule has 1 aliphatic carbocycles. The Kier molecular flexibility index (Phi) is 12.8. The smallest absolute Gasteiger partial charge is 0.258 e. The van der Waals surface area contributed by atoms with Crippen LogP contribution in [-0.4, -0.2) is 89.2 Å². The fraction of sp³-hybridized carbons (Fsp3) is 0.600. The van der Waals surface area contributed by atoms with Crippen LogP contribution in [0.1, 0.15) is 92.9 Å². The number of benzene rings is 1. The van der Waals surface area contributed by atoms with Crippen LogP contribution in [0.5, 0.6) is 5.75 Å². The highest BCUT2D eigenvalue weighted by Crippen LogP contribution is 2.30. The summed E-state index contributed by atoms with van der Waals surface area (Å²) in [5, 5.41) is 13.3. The minimum Gasteiger partial charge on any atom is -0.490 e. The highest BCUT2D eigenvalue weighted by atomic mass is 16.5. The minimum atomic E-state index is -0.490. The van der Waals surface area contributed by atoms with E-state index >= 15 is 0 Å². The van der Waals surface area contributed by atoms with E-state index in [1.165, 1.54) is 0 Å². The number of nitrogens with one attached hydrogen (secondary N) is 1. The van der Waals surface area contributed by atoms with Crippen LogP contribution in [-0.2, 0) is 9.53 Å². The number of likely N-dealkylation sites (N-methyl/N-ethyl adjacent to an activating group) is 1. The first-order valence-electron chi connectivity index (χ1n) is 16.5. The summed E-state index contributed by atoms with van der Waals surface area (Å²) in [5.74, 6) is -0.179. The summed E-state index contributed by atoms with van der Waals surface area (Å²) < 4.78 is 12.7. The van der Waals surface area contributed by atoms with Gasteiger partial charge < -0.3 is 29.7 Å². The summed E-state index contributed by atoms with van der Waals surface area (Å²) in [6, 6.07) is 8.15. The number of carbonyl (C=O) groups is 3. The third-order valence-corrected chi connectivity index (χ3v) is 9.02. The molecule has 0 saturated heterocycles. The van der Waals surface area contributed by atoms with Crippen LogP contribution >= 0.6 is 0 Å². The van der Waals surface area contributed by atoms with E-state index in [1.807, 2.05) is 13.8 Å². The van der Waals surface area contributed by atoms with Gasteiger partial charge in [-0.1, -0.05) is 26.2 Å². The Labute approximate surface area is 267 Å². The zero-order chi connectivity index (χ0) is 32.3. The number of fused-ring (bicyclic) bond motifs is 1. The highest BCUT2D eigenvalue weighted by Gasteiger charge is 2.31. The van der Waals surface area contributed by atoms with E-state index in [2.05, 4.69) is 10.3 Å². The van der Waals surface area contributed by atoms with Gasteiger partial charge in [-0.25, -0.2) is 0 Å². The van der Waals surface area contributed by atoms with E-state index in [1.54, 1.807) is 66.5 Å². The second-order valence-corrected chi connectivity index (χ2v) is 12.8. The Bertz CT molecular complexity index is 1270. The fourth-order valence-corrected chi connectivity index (χ4v) is 6.14. The van der Waals surface area contributed by atoms with Crippen molar-refractivity contribution in [1.82, 2.24) is 14.8 Å². The Hall–Kier alpha value is -3.50. The topological polar surface area (TPSA) is 121 Å². The highest BCUT2D eigenvalue weighted by molar-refractivity contribution is 6.00. The maximum Gasteiger partial charge on any atom is 0.258 e. The number of hydrogen-bond acceptors (Lipinski definition) is 7. The van der Waals surface area contributed by atoms with Gasteiger partial charge in [0.15, 0.2) is 0 Å². The third-order valence-electron chi connectivity index (χ3n) is 9.02.